The maximum Gasteiger partial charge on any atom is 0.165 e. The predicted molar refractivity (Wildman–Crippen MR) is 58.6 cm³/mol. The largest absolute Gasteiger partial charge is 0.396 e. The van der Waals surface area contributed by atoms with Crippen LogP contribution >= 0.6 is 0 Å². The predicted octanol–water partition coefficient (Wildman–Crippen LogP) is 0.541. The second-order valence-corrected chi connectivity index (χ2v) is 4.23. The van der Waals surface area contributed by atoms with Crippen LogP contribution in [0.5, 0.6) is 0 Å². The highest BCUT2D eigenvalue weighted by molar-refractivity contribution is 5.83. The minimum Gasteiger partial charge on any atom is -0.396 e. The van der Waals surface area contributed by atoms with Crippen molar-refractivity contribution >= 4 is 5.78 Å². The fourth-order valence-electron chi connectivity index (χ4n) is 2.07. The van der Waals surface area contributed by atoms with Gasteiger partial charge in [0.05, 0.1) is 12.5 Å². The molecule has 18 heavy (non-hydrogen) atoms. The molecule has 1 fully saturated rings. The molecular weight excluding hydrogens is 244 g/mol. The van der Waals surface area contributed by atoms with Gasteiger partial charge in [-0.15, -0.1) is 0 Å². The van der Waals surface area contributed by atoms with Gasteiger partial charge in [-0.05, 0) is 18.2 Å². The van der Waals surface area contributed by atoms with Crippen LogP contribution in [0.15, 0.2) is 18.2 Å². The van der Waals surface area contributed by atoms with Crippen LogP contribution in [0.4, 0.5) is 8.78 Å². The van der Waals surface area contributed by atoms with E-state index in [-0.39, 0.29) is 18.0 Å². The summed E-state index contributed by atoms with van der Waals surface area (Å²) in [6, 6.07) is 2.06. The molecule has 0 amide bonds. The molecule has 3 N–H and O–H groups in total. The third-order valence-corrected chi connectivity index (χ3v) is 3.09. The molecular formula is C12H13F2NO3. The first-order valence-electron chi connectivity index (χ1n) is 5.50. The van der Waals surface area contributed by atoms with Crippen molar-refractivity contribution in [3.63, 3.8) is 0 Å². The lowest BCUT2D eigenvalue weighted by molar-refractivity contribution is -0.142. The van der Waals surface area contributed by atoms with Crippen molar-refractivity contribution in [3.8, 4) is 0 Å². The molecule has 4 nitrogen and oxygen atoms in total. The van der Waals surface area contributed by atoms with Crippen molar-refractivity contribution < 1.29 is 23.4 Å². The molecule has 1 aliphatic rings. The first-order valence-corrected chi connectivity index (χ1v) is 5.50. The number of hydrogen-bond acceptors (Lipinski definition) is 4. The zero-order valence-corrected chi connectivity index (χ0v) is 9.48. The van der Waals surface area contributed by atoms with E-state index in [2.05, 4.69) is 0 Å². The molecule has 2 rings (SSSR count). The number of ether oxygens (including phenoxy) is 1. The Hall–Kier alpha value is -1.37. The SMILES string of the molecule is N[C@H]1C(CO)C(=O)CO[C@@H]1c1cc(F)ccc1F. The third kappa shape index (κ3) is 2.27. The average Bonchev–Trinajstić information content (AvgIpc) is 2.34. The van der Waals surface area contributed by atoms with Gasteiger partial charge in [0.25, 0.3) is 0 Å². The topological polar surface area (TPSA) is 72.5 Å². The lowest BCUT2D eigenvalue weighted by Crippen LogP contribution is -2.49. The number of aliphatic hydroxyl groups is 1. The number of carbonyl (C=O) groups excluding carboxylic acids is 1. The molecule has 0 spiro atoms. The lowest BCUT2D eigenvalue weighted by atomic mass is 9.86. The average molecular weight is 257 g/mol. The monoisotopic (exact) mass is 257 g/mol. The van der Waals surface area contributed by atoms with Crippen molar-refractivity contribution in [1.29, 1.82) is 0 Å². The van der Waals surface area contributed by atoms with E-state index in [0.29, 0.717) is 0 Å². The number of ketones is 1. The highest BCUT2D eigenvalue weighted by Crippen LogP contribution is 2.31. The summed E-state index contributed by atoms with van der Waals surface area (Å²) in [5.41, 5.74) is 5.75. The Balaban J connectivity index is 2.33. The molecule has 0 saturated carbocycles. The second-order valence-electron chi connectivity index (χ2n) is 4.23. The van der Waals surface area contributed by atoms with Gasteiger partial charge < -0.3 is 15.6 Å². The number of carbonyl (C=O) groups is 1. The van der Waals surface area contributed by atoms with Crippen LogP contribution in [0.2, 0.25) is 0 Å². The molecule has 1 saturated heterocycles. The molecule has 1 aromatic carbocycles. The first-order chi connectivity index (χ1) is 8.54. The Morgan fingerprint density at radius 3 is 2.83 bits per heavy atom. The van der Waals surface area contributed by atoms with E-state index in [9.17, 15) is 13.6 Å². The van der Waals surface area contributed by atoms with Crippen LogP contribution in [-0.4, -0.2) is 30.1 Å². The molecule has 0 aromatic heterocycles. The number of benzene rings is 1. The highest BCUT2D eigenvalue weighted by atomic mass is 19.1. The van der Waals surface area contributed by atoms with Crippen LogP contribution < -0.4 is 5.73 Å². The van der Waals surface area contributed by atoms with Crippen molar-refractivity contribution in [2.24, 2.45) is 11.7 Å². The van der Waals surface area contributed by atoms with Crippen LogP contribution in [0.1, 0.15) is 11.7 Å². The van der Waals surface area contributed by atoms with E-state index in [4.69, 9.17) is 15.6 Å². The van der Waals surface area contributed by atoms with E-state index in [1.807, 2.05) is 0 Å². The zero-order valence-electron chi connectivity index (χ0n) is 9.48. The summed E-state index contributed by atoms with van der Waals surface area (Å²) in [6.07, 6.45) is -0.935. The van der Waals surface area contributed by atoms with E-state index >= 15 is 0 Å². The Morgan fingerprint density at radius 1 is 1.44 bits per heavy atom. The minimum absolute atomic E-state index is 0.0338. The highest BCUT2D eigenvalue weighted by Gasteiger charge is 2.38. The molecule has 98 valence electrons. The molecule has 1 aromatic rings. The third-order valence-electron chi connectivity index (χ3n) is 3.09. The molecule has 6 heteroatoms. The standard InChI is InChI=1S/C12H13F2NO3/c13-6-1-2-9(14)7(3-6)12-11(15)8(4-16)10(17)5-18-12/h1-3,8,11-12,16H,4-5,15H2/t8?,11-,12+/m0/s1. The van der Waals surface area contributed by atoms with Crippen molar-refractivity contribution in [2.75, 3.05) is 13.2 Å². The van der Waals surface area contributed by atoms with E-state index < -0.39 is 36.3 Å². The maximum absolute atomic E-state index is 13.6. The van der Waals surface area contributed by atoms with Gasteiger partial charge in [-0.1, -0.05) is 0 Å². The maximum atomic E-state index is 13.6. The molecule has 1 unspecified atom stereocenters. The first kappa shape index (κ1) is 13.1. The Labute approximate surface area is 102 Å². The number of rotatable bonds is 2. The number of Topliss-reactive ketones (excluding diaryl/α,β-unsaturated/α-hetero) is 1. The smallest absolute Gasteiger partial charge is 0.165 e. The van der Waals surface area contributed by atoms with Crippen LogP contribution in [0, 0.1) is 17.6 Å². The van der Waals surface area contributed by atoms with Crippen LogP contribution in [-0.2, 0) is 9.53 Å². The molecule has 1 aliphatic heterocycles. The Bertz CT molecular complexity index is 467. The molecule has 0 aliphatic carbocycles. The van der Waals surface area contributed by atoms with Crippen molar-refractivity contribution in [2.45, 2.75) is 12.1 Å². The van der Waals surface area contributed by atoms with Gasteiger partial charge in [0.15, 0.2) is 5.78 Å². The molecule has 0 radical (unpaired) electrons. The summed E-state index contributed by atoms with van der Waals surface area (Å²) in [5, 5.41) is 9.10. The van der Waals surface area contributed by atoms with E-state index in [1.165, 1.54) is 0 Å². The summed E-state index contributed by atoms with van der Waals surface area (Å²) >= 11 is 0. The van der Waals surface area contributed by atoms with Gasteiger partial charge >= 0.3 is 0 Å². The quantitative estimate of drug-likeness (QED) is 0.811. The van der Waals surface area contributed by atoms with Crippen LogP contribution in [0.25, 0.3) is 0 Å². The van der Waals surface area contributed by atoms with Crippen LogP contribution in [0.3, 0.4) is 0 Å². The van der Waals surface area contributed by atoms with Gasteiger partial charge in [0.1, 0.15) is 24.3 Å². The number of nitrogens with two attached hydrogens (primary N) is 1. The lowest BCUT2D eigenvalue weighted by Gasteiger charge is -2.34. The van der Waals surface area contributed by atoms with Gasteiger partial charge in [0, 0.05) is 11.6 Å². The summed E-state index contributed by atoms with van der Waals surface area (Å²) < 4.78 is 31.9. The molecule has 1 heterocycles. The van der Waals surface area contributed by atoms with E-state index in [0.717, 1.165) is 18.2 Å². The van der Waals surface area contributed by atoms with Gasteiger partial charge in [-0.3, -0.25) is 4.79 Å². The second kappa shape index (κ2) is 5.09. The zero-order chi connectivity index (χ0) is 13.3. The summed E-state index contributed by atoms with van der Waals surface area (Å²) in [7, 11) is 0. The van der Waals surface area contributed by atoms with Gasteiger partial charge in [-0.2, -0.15) is 0 Å². The van der Waals surface area contributed by atoms with Crippen molar-refractivity contribution in [3.05, 3.63) is 35.4 Å². The van der Waals surface area contributed by atoms with Crippen molar-refractivity contribution in [1.82, 2.24) is 0 Å². The number of aliphatic hydroxyl groups excluding tert-OH is 1. The number of halogens is 2. The summed E-state index contributed by atoms with van der Waals surface area (Å²) in [5.74, 6) is -2.41. The van der Waals surface area contributed by atoms with Gasteiger partial charge in [0.2, 0.25) is 0 Å². The minimum atomic E-state index is -0.935. The van der Waals surface area contributed by atoms with E-state index in [1.54, 1.807) is 0 Å². The van der Waals surface area contributed by atoms with Gasteiger partial charge in [-0.25, -0.2) is 8.78 Å². The Morgan fingerprint density at radius 2 is 2.17 bits per heavy atom. The Kier molecular flexibility index (Phi) is 3.70. The normalized spacial score (nSPS) is 28.4. The summed E-state index contributed by atoms with van der Waals surface area (Å²) in [6.45, 7) is -0.698. The fourth-order valence-corrected chi connectivity index (χ4v) is 2.07. The molecule has 0 bridgehead atoms. The number of hydrogen-bond donors (Lipinski definition) is 2. The summed E-state index contributed by atoms with van der Waals surface area (Å²) in [4.78, 5) is 11.4. The molecule has 3 atom stereocenters. The fraction of sp³-hybridized carbons (Fsp3) is 0.417.